The minimum Gasteiger partial charge on any atom is -0.126 e. The van der Waals surface area contributed by atoms with E-state index >= 15 is 0 Å². The number of thioether (sulfide) groups is 2. The third-order valence-corrected chi connectivity index (χ3v) is 7.47. The van der Waals surface area contributed by atoms with Gasteiger partial charge in [-0.3, -0.25) is 0 Å². The summed E-state index contributed by atoms with van der Waals surface area (Å²) in [5, 5.41) is 0. The molecule has 4 heteroatoms. The van der Waals surface area contributed by atoms with Crippen molar-refractivity contribution >= 4 is 54.2 Å². The Kier molecular flexibility index (Phi) is 9.84. The number of hydrogen-bond donors (Lipinski definition) is 0. The Hall–Kier alpha value is -0.873. The van der Waals surface area contributed by atoms with Gasteiger partial charge in [0, 0.05) is 14.4 Å². The second kappa shape index (κ2) is 11.9. The van der Waals surface area contributed by atoms with Crippen molar-refractivity contribution in [3.63, 3.8) is 0 Å². The molecule has 0 aliphatic carbocycles. The second-order valence-corrected chi connectivity index (χ2v) is 15.7. The van der Waals surface area contributed by atoms with Crippen molar-refractivity contribution in [3.05, 3.63) is 91.8 Å². The normalized spacial score (nSPS) is 12.4. The molecule has 0 unspecified atom stereocenters. The molecule has 0 radical (unpaired) electrons. The molecular weight excluding hydrogens is 495 g/mol. The third-order valence-electron chi connectivity index (χ3n) is 3.38. The summed E-state index contributed by atoms with van der Waals surface area (Å²) in [6, 6.07) is 21.2. The first-order valence-corrected chi connectivity index (χ1v) is 15.4. The fraction of sp³-hybridized carbons (Fsp3) is 0.217. The molecule has 2 aromatic carbocycles. The summed E-state index contributed by atoms with van der Waals surface area (Å²) in [6.45, 7) is 6.86. The van der Waals surface area contributed by atoms with Gasteiger partial charge in [0.1, 0.15) is 8.07 Å². The van der Waals surface area contributed by atoms with E-state index in [1.54, 1.807) is 0 Å². The summed E-state index contributed by atoms with van der Waals surface area (Å²) >= 11 is 6.11. The first-order chi connectivity index (χ1) is 12.9. The van der Waals surface area contributed by atoms with Gasteiger partial charge in [-0.05, 0) is 45.9 Å². The molecule has 0 nitrogen and oxygen atoms in total. The van der Waals surface area contributed by atoms with E-state index in [1.165, 1.54) is 14.0 Å². The summed E-state index contributed by atoms with van der Waals surface area (Å²) in [7, 11) is -1.39. The largest absolute Gasteiger partial charge is 0.129 e. The first-order valence-electron chi connectivity index (χ1n) is 8.86. The van der Waals surface area contributed by atoms with E-state index in [9.17, 15) is 0 Å². The van der Waals surface area contributed by atoms with Crippen molar-refractivity contribution in [2.75, 3.05) is 0 Å². The summed E-state index contributed by atoms with van der Waals surface area (Å²) in [4.78, 5) is 1.15. The van der Waals surface area contributed by atoms with E-state index in [-0.39, 0.29) is 0 Å². The van der Waals surface area contributed by atoms with Crippen molar-refractivity contribution < 1.29 is 0 Å². The van der Waals surface area contributed by atoms with Gasteiger partial charge in [-0.2, -0.15) is 0 Å². The van der Waals surface area contributed by atoms with E-state index in [0.29, 0.717) is 0 Å². The predicted molar refractivity (Wildman–Crippen MR) is 137 cm³/mol. The van der Waals surface area contributed by atoms with Crippen LogP contribution in [0.2, 0.25) is 19.6 Å². The number of rotatable bonds is 7. The van der Waals surface area contributed by atoms with Crippen LogP contribution in [0.3, 0.4) is 0 Å². The molecule has 0 aliphatic heterocycles. The standard InChI is InChI=1S/C23H25IS2Si/c1-27(2,3)17-16-22(25-18-20-10-6-4-7-11-20)14-15-23(24)26-19-21-12-8-5-9-13-21/h4-15H,18-19H2,1-3H3/b22-14-,23-15-. The molecule has 0 saturated carbocycles. The van der Waals surface area contributed by atoms with Crippen LogP contribution in [0.5, 0.6) is 0 Å². The molecule has 0 fully saturated rings. The zero-order valence-electron chi connectivity index (χ0n) is 16.0. The van der Waals surface area contributed by atoms with E-state index in [0.717, 1.165) is 16.4 Å². The molecule has 140 valence electrons. The first kappa shape index (κ1) is 22.4. The van der Waals surface area contributed by atoms with Gasteiger partial charge in [0.05, 0.1) is 4.91 Å². The van der Waals surface area contributed by atoms with Gasteiger partial charge in [0.2, 0.25) is 0 Å². The highest BCUT2D eigenvalue weighted by molar-refractivity contribution is 14.1. The van der Waals surface area contributed by atoms with Crippen LogP contribution in [-0.4, -0.2) is 8.07 Å². The van der Waals surface area contributed by atoms with Crippen LogP contribution in [0.1, 0.15) is 11.1 Å². The number of halogens is 1. The van der Waals surface area contributed by atoms with Gasteiger partial charge in [-0.1, -0.05) is 86.2 Å². The minimum atomic E-state index is -1.39. The molecule has 0 aromatic heterocycles. The van der Waals surface area contributed by atoms with Crippen molar-refractivity contribution in [2.45, 2.75) is 31.1 Å². The van der Waals surface area contributed by atoms with Gasteiger partial charge in [-0.25, -0.2) is 0 Å². The smallest absolute Gasteiger partial charge is 0.126 e. The van der Waals surface area contributed by atoms with E-state index in [4.69, 9.17) is 0 Å². The maximum atomic E-state index is 3.50. The Labute approximate surface area is 187 Å². The van der Waals surface area contributed by atoms with Crippen LogP contribution in [0.25, 0.3) is 0 Å². The lowest BCUT2D eigenvalue weighted by Gasteiger charge is -2.05. The highest BCUT2D eigenvalue weighted by atomic mass is 127. The van der Waals surface area contributed by atoms with Crippen molar-refractivity contribution in [1.82, 2.24) is 0 Å². The molecular formula is C23H25IS2Si. The van der Waals surface area contributed by atoms with Crippen LogP contribution in [0, 0.1) is 11.5 Å². The van der Waals surface area contributed by atoms with Gasteiger partial charge in [-0.15, -0.1) is 29.1 Å². The number of benzene rings is 2. The number of allylic oxidation sites excluding steroid dienone is 3. The molecule has 0 bridgehead atoms. The highest BCUT2D eigenvalue weighted by Crippen LogP contribution is 2.28. The molecule has 0 heterocycles. The fourth-order valence-corrected chi connectivity index (χ4v) is 4.74. The molecule has 0 N–H and O–H groups in total. The Morgan fingerprint density at radius 1 is 0.852 bits per heavy atom. The summed E-state index contributed by atoms with van der Waals surface area (Å²) in [5.74, 6) is 5.39. The Bertz CT molecular complexity index is 825. The molecule has 27 heavy (non-hydrogen) atoms. The minimum absolute atomic E-state index is 0.953. The monoisotopic (exact) mass is 520 g/mol. The average molecular weight is 521 g/mol. The van der Waals surface area contributed by atoms with Crippen molar-refractivity contribution in [3.8, 4) is 11.5 Å². The van der Waals surface area contributed by atoms with Crippen LogP contribution < -0.4 is 0 Å². The quantitative estimate of drug-likeness (QED) is 0.158. The Morgan fingerprint density at radius 2 is 1.37 bits per heavy atom. The maximum Gasteiger partial charge on any atom is 0.129 e. The predicted octanol–water partition coefficient (Wildman–Crippen LogP) is 7.89. The van der Waals surface area contributed by atoms with Crippen LogP contribution >= 0.6 is 46.1 Å². The molecule has 2 aromatic rings. The van der Waals surface area contributed by atoms with Gasteiger partial charge in [0.25, 0.3) is 0 Å². The lowest BCUT2D eigenvalue weighted by molar-refractivity contribution is 1.42. The average Bonchev–Trinajstić information content (AvgIpc) is 2.66. The summed E-state index contributed by atoms with van der Waals surface area (Å²) in [6.07, 6.45) is 4.38. The highest BCUT2D eigenvalue weighted by Gasteiger charge is 2.08. The molecule has 0 spiro atoms. The Morgan fingerprint density at radius 3 is 1.89 bits per heavy atom. The molecule has 0 atom stereocenters. The van der Waals surface area contributed by atoms with E-state index in [2.05, 4.69) is 127 Å². The lowest BCUT2D eigenvalue weighted by atomic mass is 10.2. The summed E-state index contributed by atoms with van der Waals surface area (Å²) < 4.78 is 1.28. The maximum absolute atomic E-state index is 3.50. The molecule has 0 amide bonds. The van der Waals surface area contributed by atoms with Gasteiger partial charge in [0.15, 0.2) is 0 Å². The van der Waals surface area contributed by atoms with Crippen LogP contribution in [0.15, 0.2) is 80.6 Å². The van der Waals surface area contributed by atoms with Gasteiger partial charge >= 0.3 is 0 Å². The topological polar surface area (TPSA) is 0 Å². The van der Waals surface area contributed by atoms with E-state index < -0.39 is 8.07 Å². The number of hydrogen-bond acceptors (Lipinski definition) is 2. The lowest BCUT2D eigenvalue weighted by Crippen LogP contribution is -2.16. The van der Waals surface area contributed by atoms with E-state index in [1.807, 2.05) is 23.5 Å². The molecule has 0 saturated heterocycles. The zero-order valence-corrected chi connectivity index (χ0v) is 20.8. The van der Waals surface area contributed by atoms with Crippen molar-refractivity contribution in [2.24, 2.45) is 0 Å². The van der Waals surface area contributed by atoms with Crippen molar-refractivity contribution in [1.29, 1.82) is 0 Å². The second-order valence-electron chi connectivity index (χ2n) is 7.05. The van der Waals surface area contributed by atoms with Crippen LogP contribution in [-0.2, 0) is 11.5 Å². The fourth-order valence-electron chi connectivity index (χ4n) is 2.03. The van der Waals surface area contributed by atoms with Gasteiger partial charge < -0.3 is 0 Å². The molecule has 2 rings (SSSR count). The SMILES string of the molecule is C[Si](C)(C)C#C/C(=C/C=C(/I)SCc1ccccc1)SCc1ccccc1. The van der Waals surface area contributed by atoms with Crippen LogP contribution in [0.4, 0.5) is 0 Å². The Balaban J connectivity index is 2.04. The molecule has 0 aliphatic rings. The zero-order chi connectivity index (χ0) is 19.5. The third kappa shape index (κ3) is 10.3. The summed E-state index contributed by atoms with van der Waals surface area (Å²) in [5.41, 5.74) is 6.19.